The van der Waals surface area contributed by atoms with E-state index >= 15 is 0 Å². The van der Waals surface area contributed by atoms with Gasteiger partial charge in [0.05, 0.1) is 6.04 Å². The van der Waals surface area contributed by atoms with E-state index in [1.54, 1.807) is 0 Å². The maximum absolute atomic E-state index is 12.1. The molecule has 1 aliphatic carbocycles. The van der Waals surface area contributed by atoms with Gasteiger partial charge >= 0.3 is 0 Å². The Morgan fingerprint density at radius 1 is 1.35 bits per heavy atom. The normalized spacial score (nSPS) is 24.5. The summed E-state index contributed by atoms with van der Waals surface area (Å²) in [7, 11) is 0. The van der Waals surface area contributed by atoms with Gasteiger partial charge in [-0.25, -0.2) is 0 Å². The summed E-state index contributed by atoms with van der Waals surface area (Å²) in [5.74, 6) is 0.221. The molecule has 1 saturated heterocycles. The van der Waals surface area contributed by atoms with Gasteiger partial charge in [-0.15, -0.1) is 0 Å². The highest BCUT2D eigenvalue weighted by Gasteiger charge is 2.42. The average Bonchev–Trinajstić information content (AvgIpc) is 3.17. The van der Waals surface area contributed by atoms with Gasteiger partial charge in [0.2, 0.25) is 5.91 Å². The van der Waals surface area contributed by atoms with Crippen LogP contribution < -0.4 is 5.32 Å². The van der Waals surface area contributed by atoms with E-state index < -0.39 is 0 Å². The number of nitrogens with zero attached hydrogens (tertiary/aromatic N) is 1. The zero-order valence-corrected chi connectivity index (χ0v) is 10.7. The minimum atomic E-state index is -0.114. The first-order chi connectivity index (χ1) is 8.17. The highest BCUT2D eigenvalue weighted by atomic mass is 16.3. The van der Waals surface area contributed by atoms with Crippen molar-refractivity contribution in [1.29, 1.82) is 0 Å². The number of hydrogen-bond acceptors (Lipinski definition) is 3. The Morgan fingerprint density at radius 2 is 2.00 bits per heavy atom. The van der Waals surface area contributed by atoms with Crippen LogP contribution in [0.5, 0.6) is 0 Å². The number of carbonyl (C=O) groups excluding carboxylic acids is 1. The van der Waals surface area contributed by atoms with Crippen LogP contribution in [0.15, 0.2) is 0 Å². The average molecular weight is 240 g/mol. The minimum absolute atomic E-state index is 0.0798. The predicted molar refractivity (Wildman–Crippen MR) is 66.6 cm³/mol. The number of piperidine rings is 1. The van der Waals surface area contributed by atoms with Crippen LogP contribution in [-0.2, 0) is 4.79 Å². The molecule has 2 aliphatic rings. The van der Waals surface area contributed by atoms with Crippen LogP contribution >= 0.6 is 0 Å². The van der Waals surface area contributed by atoms with Crippen molar-refractivity contribution >= 4 is 5.91 Å². The van der Waals surface area contributed by atoms with Crippen LogP contribution in [-0.4, -0.2) is 48.2 Å². The fraction of sp³-hybridized carbons (Fsp3) is 0.923. The number of aliphatic hydroxyl groups is 1. The molecule has 98 valence electrons. The molecule has 1 atom stereocenters. The first-order valence-electron chi connectivity index (χ1n) is 6.80. The lowest BCUT2D eigenvalue weighted by Crippen LogP contribution is -2.48. The first-order valence-corrected chi connectivity index (χ1v) is 6.80. The topological polar surface area (TPSA) is 52.6 Å². The van der Waals surface area contributed by atoms with Crippen molar-refractivity contribution in [2.75, 3.05) is 26.2 Å². The molecule has 0 aromatic carbocycles. The van der Waals surface area contributed by atoms with Crippen molar-refractivity contribution < 1.29 is 9.90 Å². The van der Waals surface area contributed by atoms with Gasteiger partial charge in [-0.1, -0.05) is 0 Å². The van der Waals surface area contributed by atoms with Crippen LogP contribution in [0, 0.1) is 5.41 Å². The quantitative estimate of drug-likeness (QED) is 0.745. The molecule has 1 unspecified atom stereocenters. The van der Waals surface area contributed by atoms with Crippen LogP contribution in [0.4, 0.5) is 0 Å². The van der Waals surface area contributed by atoms with Crippen molar-refractivity contribution in [3.05, 3.63) is 0 Å². The van der Waals surface area contributed by atoms with E-state index in [0.29, 0.717) is 0 Å². The Labute approximate surface area is 103 Å². The van der Waals surface area contributed by atoms with E-state index in [2.05, 4.69) is 5.32 Å². The van der Waals surface area contributed by atoms with Gasteiger partial charge in [-0.3, -0.25) is 4.79 Å². The molecule has 1 aliphatic heterocycles. The summed E-state index contributed by atoms with van der Waals surface area (Å²) in [5.41, 5.74) is 0.0798. The second-order valence-electron chi connectivity index (χ2n) is 5.65. The van der Waals surface area contributed by atoms with E-state index in [1.807, 2.05) is 11.8 Å². The van der Waals surface area contributed by atoms with Gasteiger partial charge in [-0.2, -0.15) is 0 Å². The second kappa shape index (κ2) is 5.36. The molecule has 0 aromatic heterocycles. The Balaban J connectivity index is 1.74. The summed E-state index contributed by atoms with van der Waals surface area (Å²) >= 11 is 0. The Bertz CT molecular complexity index is 271. The van der Waals surface area contributed by atoms with E-state index in [4.69, 9.17) is 0 Å². The summed E-state index contributed by atoms with van der Waals surface area (Å²) < 4.78 is 0. The van der Waals surface area contributed by atoms with Crippen molar-refractivity contribution in [1.82, 2.24) is 10.2 Å². The molecule has 1 heterocycles. The van der Waals surface area contributed by atoms with Gasteiger partial charge in [-0.05, 0) is 39.0 Å². The largest absolute Gasteiger partial charge is 0.396 e. The lowest BCUT2D eigenvalue weighted by atomic mass is 10.1. The molecule has 1 saturated carbocycles. The molecular weight excluding hydrogens is 216 g/mol. The Hall–Kier alpha value is -0.610. The van der Waals surface area contributed by atoms with Crippen LogP contribution in [0.1, 0.15) is 39.0 Å². The van der Waals surface area contributed by atoms with E-state index in [0.717, 1.165) is 45.3 Å². The Morgan fingerprint density at radius 3 is 2.53 bits per heavy atom. The number of rotatable bonds is 5. The summed E-state index contributed by atoms with van der Waals surface area (Å²) in [5, 5.41) is 12.5. The molecule has 2 fully saturated rings. The molecule has 0 aromatic rings. The highest BCUT2D eigenvalue weighted by Crippen LogP contribution is 2.44. The third kappa shape index (κ3) is 3.19. The zero-order chi connectivity index (χ0) is 12.3. The standard InChI is InChI=1S/C13H24N2O2/c1-11(14-9-13(10-16)5-6-13)12(17)15-7-3-2-4-8-15/h11,14,16H,2-10H2,1H3. The molecule has 4 heteroatoms. The highest BCUT2D eigenvalue weighted by molar-refractivity contribution is 5.81. The van der Waals surface area contributed by atoms with E-state index in [1.165, 1.54) is 6.42 Å². The van der Waals surface area contributed by atoms with Crippen molar-refractivity contribution in [2.45, 2.75) is 45.1 Å². The first kappa shape index (κ1) is 12.8. The van der Waals surface area contributed by atoms with Crippen LogP contribution in [0.25, 0.3) is 0 Å². The summed E-state index contributed by atoms with van der Waals surface area (Å²) in [6, 6.07) is -0.114. The molecule has 17 heavy (non-hydrogen) atoms. The fourth-order valence-corrected chi connectivity index (χ4v) is 2.41. The second-order valence-corrected chi connectivity index (χ2v) is 5.65. The molecule has 0 radical (unpaired) electrons. The molecule has 0 bridgehead atoms. The zero-order valence-electron chi connectivity index (χ0n) is 10.7. The predicted octanol–water partition coefficient (Wildman–Crippen LogP) is 0.749. The molecule has 0 spiro atoms. The van der Waals surface area contributed by atoms with Crippen LogP contribution in [0.2, 0.25) is 0 Å². The van der Waals surface area contributed by atoms with E-state index in [9.17, 15) is 9.90 Å². The fourth-order valence-electron chi connectivity index (χ4n) is 2.41. The molecule has 4 nitrogen and oxygen atoms in total. The lowest BCUT2D eigenvalue weighted by molar-refractivity contribution is -0.134. The smallest absolute Gasteiger partial charge is 0.239 e. The maximum Gasteiger partial charge on any atom is 0.239 e. The minimum Gasteiger partial charge on any atom is -0.396 e. The third-order valence-corrected chi connectivity index (χ3v) is 4.11. The van der Waals surface area contributed by atoms with Gasteiger partial charge < -0.3 is 15.3 Å². The van der Waals surface area contributed by atoms with Crippen LogP contribution in [0.3, 0.4) is 0 Å². The number of likely N-dealkylation sites (tertiary alicyclic amines) is 1. The van der Waals surface area contributed by atoms with Crippen molar-refractivity contribution in [3.8, 4) is 0 Å². The summed E-state index contributed by atoms with van der Waals surface area (Å²) in [6.45, 7) is 4.77. The molecule has 2 N–H and O–H groups in total. The number of hydrogen-bond donors (Lipinski definition) is 2. The summed E-state index contributed by atoms with van der Waals surface area (Å²) in [4.78, 5) is 14.1. The SMILES string of the molecule is CC(NCC1(CO)CC1)C(=O)N1CCCCC1. The number of nitrogens with one attached hydrogen (secondary N) is 1. The summed E-state index contributed by atoms with van der Waals surface area (Å²) in [6.07, 6.45) is 5.69. The maximum atomic E-state index is 12.1. The van der Waals surface area contributed by atoms with Gasteiger partial charge in [0.25, 0.3) is 0 Å². The van der Waals surface area contributed by atoms with Gasteiger partial charge in [0.1, 0.15) is 0 Å². The lowest BCUT2D eigenvalue weighted by Gasteiger charge is -2.30. The Kier molecular flexibility index (Phi) is 4.05. The van der Waals surface area contributed by atoms with Crippen molar-refractivity contribution in [2.24, 2.45) is 5.41 Å². The number of carbonyl (C=O) groups is 1. The number of aliphatic hydroxyl groups excluding tert-OH is 1. The van der Waals surface area contributed by atoms with Gasteiger partial charge in [0.15, 0.2) is 0 Å². The van der Waals surface area contributed by atoms with E-state index in [-0.39, 0.29) is 24.0 Å². The molecular formula is C13H24N2O2. The third-order valence-electron chi connectivity index (χ3n) is 4.11. The number of amides is 1. The molecule has 2 rings (SSSR count). The van der Waals surface area contributed by atoms with Gasteiger partial charge in [0, 0.05) is 31.7 Å². The monoisotopic (exact) mass is 240 g/mol. The molecule has 1 amide bonds. The van der Waals surface area contributed by atoms with Crippen molar-refractivity contribution in [3.63, 3.8) is 0 Å².